The van der Waals surface area contributed by atoms with Gasteiger partial charge in [-0.05, 0) is 18.2 Å². The van der Waals surface area contributed by atoms with E-state index in [2.05, 4.69) is 0 Å². The molecule has 0 aliphatic rings. The zero-order chi connectivity index (χ0) is 11.0. The van der Waals surface area contributed by atoms with Crippen molar-refractivity contribution in [3.05, 3.63) is 44.6 Å². The van der Waals surface area contributed by atoms with Gasteiger partial charge in [0.05, 0.1) is 26.4 Å². The van der Waals surface area contributed by atoms with Crippen LogP contribution in [0.3, 0.4) is 0 Å². The van der Waals surface area contributed by atoms with Crippen molar-refractivity contribution in [1.29, 1.82) is 0 Å². The number of hydrogen-bond donors (Lipinski definition) is 0. The van der Waals surface area contributed by atoms with E-state index in [0.717, 1.165) is 0 Å². The Labute approximate surface area is 106 Å². The summed E-state index contributed by atoms with van der Waals surface area (Å²) in [6, 6.07) is 5.14. The highest BCUT2D eigenvalue weighted by molar-refractivity contribution is 6.52. The van der Waals surface area contributed by atoms with Gasteiger partial charge in [0, 0.05) is 5.56 Å². The first kappa shape index (κ1) is 11.2. The third kappa shape index (κ3) is 1.98. The molecule has 0 unspecified atom stereocenters. The zero-order valence-electron chi connectivity index (χ0n) is 7.23. The molecule has 0 atom stereocenters. The zero-order valence-corrected chi connectivity index (χ0v) is 10.3. The molecule has 0 aliphatic carbocycles. The van der Waals surface area contributed by atoms with Crippen molar-refractivity contribution in [2.24, 2.45) is 0 Å². The topological polar surface area (TPSA) is 13.1 Å². The van der Waals surface area contributed by atoms with E-state index in [1.807, 2.05) is 0 Å². The minimum atomic E-state index is 0.234. The molecule has 1 nitrogen and oxygen atoms in total. The Morgan fingerprint density at radius 1 is 0.933 bits per heavy atom. The van der Waals surface area contributed by atoms with Gasteiger partial charge >= 0.3 is 0 Å². The lowest BCUT2D eigenvalue weighted by atomic mass is 10.2. The molecule has 2 rings (SSSR count). The summed E-state index contributed by atoms with van der Waals surface area (Å²) in [5.41, 5.74) is 0.626. The second kappa shape index (κ2) is 4.26. The molecule has 0 saturated carbocycles. The smallest absolute Gasteiger partial charge is 0.135 e. The van der Waals surface area contributed by atoms with Gasteiger partial charge < -0.3 is 4.42 Å². The highest BCUT2D eigenvalue weighted by atomic mass is 35.5. The van der Waals surface area contributed by atoms with Crippen molar-refractivity contribution in [3.63, 3.8) is 0 Å². The summed E-state index contributed by atoms with van der Waals surface area (Å²) in [5.74, 6) is 0.598. The van der Waals surface area contributed by atoms with Crippen LogP contribution in [-0.2, 0) is 0 Å². The van der Waals surface area contributed by atoms with E-state index in [9.17, 15) is 0 Å². The van der Waals surface area contributed by atoms with Crippen LogP contribution in [0, 0.1) is 0 Å². The molecule has 0 bridgehead atoms. The van der Waals surface area contributed by atoms with Crippen molar-refractivity contribution in [3.8, 4) is 11.3 Å². The molecule has 0 N–H and O–H groups in total. The molecule has 15 heavy (non-hydrogen) atoms. The van der Waals surface area contributed by atoms with Gasteiger partial charge in [-0.2, -0.15) is 0 Å². The molecule has 5 heteroatoms. The van der Waals surface area contributed by atoms with Crippen LogP contribution in [0.25, 0.3) is 11.3 Å². The average molecular weight is 282 g/mol. The molecule has 2 aromatic rings. The van der Waals surface area contributed by atoms with Gasteiger partial charge in [0.2, 0.25) is 0 Å². The monoisotopic (exact) mass is 280 g/mol. The minimum absolute atomic E-state index is 0.234. The standard InChI is InChI=1S/C10H4Cl4O/c11-6-4-5(7-2-1-3-15-7)8(12)10(14)9(6)13/h1-4H. The molecule has 1 heterocycles. The lowest BCUT2D eigenvalue weighted by Crippen LogP contribution is -1.81. The van der Waals surface area contributed by atoms with Crippen LogP contribution in [-0.4, -0.2) is 0 Å². The number of hydrogen-bond acceptors (Lipinski definition) is 1. The Kier molecular flexibility index (Phi) is 3.17. The normalized spacial score (nSPS) is 10.7. The molecule has 1 aromatic carbocycles. The van der Waals surface area contributed by atoms with Crippen molar-refractivity contribution in [2.75, 3.05) is 0 Å². The van der Waals surface area contributed by atoms with Gasteiger partial charge in [-0.3, -0.25) is 0 Å². The maximum Gasteiger partial charge on any atom is 0.135 e. The Hall–Kier alpha value is -0.340. The number of rotatable bonds is 1. The van der Waals surface area contributed by atoms with E-state index in [0.29, 0.717) is 21.4 Å². The van der Waals surface area contributed by atoms with E-state index in [1.54, 1.807) is 24.5 Å². The van der Waals surface area contributed by atoms with Gasteiger partial charge in [-0.1, -0.05) is 46.4 Å². The van der Waals surface area contributed by atoms with E-state index in [-0.39, 0.29) is 10.0 Å². The fraction of sp³-hybridized carbons (Fsp3) is 0. The molecule has 78 valence electrons. The van der Waals surface area contributed by atoms with Gasteiger partial charge in [-0.25, -0.2) is 0 Å². The summed E-state index contributed by atoms with van der Waals surface area (Å²) in [5, 5.41) is 1.16. The number of benzene rings is 1. The highest BCUT2D eigenvalue weighted by Gasteiger charge is 2.15. The largest absolute Gasteiger partial charge is 0.464 e. The first-order chi connectivity index (χ1) is 7.11. The molecular formula is C10H4Cl4O. The van der Waals surface area contributed by atoms with Crippen LogP contribution in [0.4, 0.5) is 0 Å². The first-order valence-corrected chi connectivity index (χ1v) is 5.49. The molecular weight excluding hydrogens is 278 g/mol. The number of halogens is 4. The highest BCUT2D eigenvalue weighted by Crippen LogP contribution is 2.42. The maximum atomic E-state index is 6.03. The SMILES string of the molecule is Clc1cc(-c2ccco2)c(Cl)c(Cl)c1Cl. The first-order valence-electron chi connectivity index (χ1n) is 3.98. The molecule has 0 fully saturated rings. The Bertz CT molecular complexity index is 491. The fourth-order valence-corrected chi connectivity index (χ4v) is 2.08. The summed E-state index contributed by atoms with van der Waals surface area (Å²) in [7, 11) is 0. The quantitative estimate of drug-likeness (QED) is 0.493. The van der Waals surface area contributed by atoms with Gasteiger partial charge in [0.1, 0.15) is 5.76 Å². The van der Waals surface area contributed by atoms with E-state index in [4.69, 9.17) is 50.8 Å². The Morgan fingerprint density at radius 3 is 2.27 bits per heavy atom. The molecule has 0 aliphatic heterocycles. The second-order valence-electron chi connectivity index (χ2n) is 2.83. The van der Waals surface area contributed by atoms with Gasteiger partial charge in [0.25, 0.3) is 0 Å². The minimum Gasteiger partial charge on any atom is -0.464 e. The molecule has 0 saturated heterocycles. The molecule has 1 aromatic heterocycles. The van der Waals surface area contributed by atoms with Crippen molar-refractivity contribution >= 4 is 46.4 Å². The van der Waals surface area contributed by atoms with Crippen molar-refractivity contribution in [2.45, 2.75) is 0 Å². The van der Waals surface area contributed by atoms with Gasteiger partial charge in [0.15, 0.2) is 0 Å². The Balaban J connectivity index is 2.69. The predicted octanol–water partition coefficient (Wildman–Crippen LogP) is 5.56. The summed E-state index contributed by atoms with van der Waals surface area (Å²) in [4.78, 5) is 0. The molecule has 0 amide bonds. The molecule has 0 radical (unpaired) electrons. The summed E-state index contributed by atoms with van der Waals surface area (Å²) in [6.07, 6.45) is 1.54. The van der Waals surface area contributed by atoms with Crippen LogP contribution < -0.4 is 0 Å². The summed E-state index contributed by atoms with van der Waals surface area (Å²) < 4.78 is 5.21. The fourth-order valence-electron chi connectivity index (χ4n) is 1.18. The molecule has 0 spiro atoms. The third-order valence-corrected chi connectivity index (χ3v) is 3.64. The maximum absolute atomic E-state index is 6.03. The average Bonchev–Trinajstić information content (AvgIpc) is 2.73. The van der Waals surface area contributed by atoms with Crippen LogP contribution in [0.15, 0.2) is 28.9 Å². The van der Waals surface area contributed by atoms with E-state index in [1.165, 1.54) is 0 Å². The van der Waals surface area contributed by atoms with Crippen LogP contribution in [0.5, 0.6) is 0 Å². The van der Waals surface area contributed by atoms with Gasteiger partial charge in [-0.15, -0.1) is 0 Å². The van der Waals surface area contributed by atoms with Crippen LogP contribution in [0.2, 0.25) is 20.1 Å². The third-order valence-electron chi connectivity index (χ3n) is 1.89. The van der Waals surface area contributed by atoms with Crippen LogP contribution >= 0.6 is 46.4 Å². The van der Waals surface area contributed by atoms with Crippen molar-refractivity contribution in [1.82, 2.24) is 0 Å². The van der Waals surface area contributed by atoms with Crippen LogP contribution in [0.1, 0.15) is 0 Å². The lowest BCUT2D eigenvalue weighted by molar-refractivity contribution is 0.582. The van der Waals surface area contributed by atoms with E-state index >= 15 is 0 Å². The number of furan rings is 1. The summed E-state index contributed by atoms with van der Waals surface area (Å²) >= 11 is 23.7. The van der Waals surface area contributed by atoms with E-state index < -0.39 is 0 Å². The Morgan fingerprint density at radius 2 is 1.67 bits per heavy atom. The lowest BCUT2D eigenvalue weighted by Gasteiger charge is -2.06. The van der Waals surface area contributed by atoms with Crippen molar-refractivity contribution < 1.29 is 4.42 Å². The summed E-state index contributed by atoms with van der Waals surface area (Å²) in [6.45, 7) is 0. The predicted molar refractivity (Wildman–Crippen MR) is 64.2 cm³/mol. The second-order valence-corrected chi connectivity index (χ2v) is 4.37.